The van der Waals surface area contributed by atoms with E-state index in [4.69, 9.17) is 0 Å². The molecule has 118 valence electrons. The number of H-pyrrole nitrogens is 1. The van der Waals surface area contributed by atoms with Crippen LogP contribution in [0.4, 0.5) is 10.1 Å². The molecule has 0 fully saturated rings. The van der Waals surface area contributed by atoms with Gasteiger partial charge in [0.25, 0.3) is 11.5 Å². The minimum Gasteiger partial charge on any atom is -0.385 e. The lowest BCUT2D eigenvalue weighted by atomic mass is 10.1. The van der Waals surface area contributed by atoms with Crippen LogP contribution in [0.5, 0.6) is 0 Å². The van der Waals surface area contributed by atoms with Gasteiger partial charge in [0.05, 0.1) is 12.1 Å². The molecule has 6 nitrogen and oxygen atoms in total. The fraction of sp³-hybridized carbons (Fsp3) is 0.333. The highest BCUT2D eigenvalue weighted by atomic mass is 19.1. The molecule has 0 atom stereocenters. The van der Waals surface area contributed by atoms with Crippen molar-refractivity contribution in [1.82, 2.24) is 15.1 Å². The standard InChI is InChI=1S/C15H19FN4O2/c1-4-17-12-7-5-6-10(9(12)2)14(21)18-8-11-13(16)20(3)19-15(11)22/h5-7,17H,4,8H2,1-3H3,(H,18,21)(H,19,22). The Morgan fingerprint density at radius 1 is 1.41 bits per heavy atom. The van der Waals surface area contributed by atoms with E-state index in [0.717, 1.165) is 22.5 Å². The van der Waals surface area contributed by atoms with Gasteiger partial charge in [0.1, 0.15) is 0 Å². The number of nitrogens with zero attached hydrogens (tertiary/aromatic N) is 1. The number of hydrogen-bond donors (Lipinski definition) is 3. The Morgan fingerprint density at radius 2 is 2.14 bits per heavy atom. The predicted molar refractivity (Wildman–Crippen MR) is 82.5 cm³/mol. The highest BCUT2D eigenvalue weighted by Crippen LogP contribution is 2.18. The summed E-state index contributed by atoms with van der Waals surface area (Å²) >= 11 is 0. The van der Waals surface area contributed by atoms with E-state index in [-0.39, 0.29) is 18.0 Å². The molecule has 0 spiro atoms. The van der Waals surface area contributed by atoms with Crippen LogP contribution in [0.15, 0.2) is 23.0 Å². The third-order valence-corrected chi connectivity index (χ3v) is 3.46. The normalized spacial score (nSPS) is 10.5. The topological polar surface area (TPSA) is 78.9 Å². The van der Waals surface area contributed by atoms with Gasteiger partial charge in [-0.3, -0.25) is 19.4 Å². The lowest BCUT2D eigenvalue weighted by Gasteiger charge is -2.12. The SMILES string of the molecule is CCNc1cccc(C(=O)NCc2c(F)n(C)[nH]c2=O)c1C. The number of aromatic nitrogens is 2. The fourth-order valence-corrected chi connectivity index (χ4v) is 2.25. The zero-order chi connectivity index (χ0) is 16.3. The minimum absolute atomic E-state index is 0.0867. The van der Waals surface area contributed by atoms with Crippen molar-refractivity contribution in [2.24, 2.45) is 7.05 Å². The molecular weight excluding hydrogens is 287 g/mol. The van der Waals surface area contributed by atoms with Crippen LogP contribution >= 0.6 is 0 Å². The number of anilines is 1. The quantitative estimate of drug-likeness (QED) is 0.783. The van der Waals surface area contributed by atoms with E-state index < -0.39 is 11.5 Å². The second-order valence-electron chi connectivity index (χ2n) is 4.96. The van der Waals surface area contributed by atoms with E-state index in [2.05, 4.69) is 15.7 Å². The van der Waals surface area contributed by atoms with E-state index in [9.17, 15) is 14.0 Å². The summed E-state index contributed by atoms with van der Waals surface area (Å²) in [6, 6.07) is 5.35. The van der Waals surface area contributed by atoms with Crippen LogP contribution in [-0.2, 0) is 13.6 Å². The second-order valence-corrected chi connectivity index (χ2v) is 4.96. The van der Waals surface area contributed by atoms with E-state index in [0.29, 0.717) is 5.56 Å². The summed E-state index contributed by atoms with van der Waals surface area (Å²) in [6.07, 6.45) is 0. The Balaban J connectivity index is 2.16. The van der Waals surface area contributed by atoms with Crippen LogP contribution in [0.2, 0.25) is 0 Å². The summed E-state index contributed by atoms with van der Waals surface area (Å²) in [7, 11) is 1.39. The van der Waals surface area contributed by atoms with Gasteiger partial charge in [0.15, 0.2) is 0 Å². The summed E-state index contributed by atoms with van der Waals surface area (Å²) in [6.45, 7) is 4.39. The van der Waals surface area contributed by atoms with Crippen LogP contribution < -0.4 is 16.2 Å². The molecule has 1 amide bonds. The molecule has 7 heteroatoms. The maximum Gasteiger partial charge on any atom is 0.272 e. The molecule has 0 bridgehead atoms. The molecule has 0 aliphatic heterocycles. The Morgan fingerprint density at radius 3 is 2.73 bits per heavy atom. The lowest BCUT2D eigenvalue weighted by Crippen LogP contribution is -2.26. The smallest absolute Gasteiger partial charge is 0.272 e. The molecule has 0 radical (unpaired) electrons. The van der Waals surface area contributed by atoms with Crippen molar-refractivity contribution in [1.29, 1.82) is 0 Å². The summed E-state index contributed by atoms with van der Waals surface area (Å²) < 4.78 is 14.7. The van der Waals surface area contributed by atoms with Gasteiger partial charge >= 0.3 is 0 Å². The largest absolute Gasteiger partial charge is 0.385 e. The summed E-state index contributed by atoms with van der Waals surface area (Å²) in [4.78, 5) is 23.8. The van der Waals surface area contributed by atoms with Gasteiger partial charge in [0, 0.05) is 24.8 Å². The van der Waals surface area contributed by atoms with E-state index >= 15 is 0 Å². The van der Waals surface area contributed by atoms with Gasteiger partial charge < -0.3 is 10.6 Å². The van der Waals surface area contributed by atoms with Crippen molar-refractivity contribution >= 4 is 11.6 Å². The molecule has 2 rings (SSSR count). The van der Waals surface area contributed by atoms with E-state index in [1.165, 1.54) is 7.05 Å². The van der Waals surface area contributed by atoms with Crippen molar-refractivity contribution in [3.05, 3.63) is 51.2 Å². The Labute approximate surface area is 127 Å². The summed E-state index contributed by atoms with van der Waals surface area (Å²) in [5.74, 6) is -1.02. The molecule has 1 heterocycles. The van der Waals surface area contributed by atoms with E-state index in [1.807, 2.05) is 19.9 Å². The van der Waals surface area contributed by atoms with Crippen molar-refractivity contribution in [2.75, 3.05) is 11.9 Å². The van der Waals surface area contributed by atoms with Crippen LogP contribution in [0, 0.1) is 12.9 Å². The number of halogens is 1. The first-order valence-electron chi connectivity index (χ1n) is 7.00. The molecule has 22 heavy (non-hydrogen) atoms. The molecule has 0 aliphatic carbocycles. The third-order valence-electron chi connectivity index (χ3n) is 3.46. The molecule has 1 aromatic heterocycles. The zero-order valence-corrected chi connectivity index (χ0v) is 12.8. The summed E-state index contributed by atoms with van der Waals surface area (Å²) in [5.41, 5.74) is 1.55. The number of carbonyl (C=O) groups is 1. The van der Waals surface area contributed by atoms with Gasteiger partial charge in [-0.05, 0) is 31.5 Å². The highest BCUT2D eigenvalue weighted by molar-refractivity contribution is 5.97. The lowest BCUT2D eigenvalue weighted by molar-refractivity contribution is 0.0950. The first kappa shape index (κ1) is 15.8. The maximum absolute atomic E-state index is 13.7. The minimum atomic E-state index is -0.677. The number of rotatable bonds is 5. The second kappa shape index (κ2) is 6.46. The number of aromatic amines is 1. The maximum atomic E-state index is 13.7. The molecule has 0 saturated carbocycles. The molecular formula is C15H19FN4O2. The number of benzene rings is 1. The third kappa shape index (κ3) is 3.03. The molecule has 0 unspecified atom stereocenters. The van der Waals surface area contributed by atoms with Crippen LogP contribution in [0.3, 0.4) is 0 Å². The average Bonchev–Trinajstić information content (AvgIpc) is 2.72. The molecule has 0 saturated heterocycles. The molecule has 0 aliphatic rings. The van der Waals surface area contributed by atoms with Crippen molar-refractivity contribution in [3.8, 4) is 0 Å². The molecule has 1 aromatic carbocycles. The Hall–Kier alpha value is -2.57. The first-order chi connectivity index (χ1) is 10.5. The number of aryl methyl sites for hydroxylation is 1. The van der Waals surface area contributed by atoms with Crippen molar-refractivity contribution in [2.45, 2.75) is 20.4 Å². The van der Waals surface area contributed by atoms with Gasteiger partial charge in [-0.2, -0.15) is 4.39 Å². The van der Waals surface area contributed by atoms with Gasteiger partial charge in [-0.1, -0.05) is 6.07 Å². The number of amides is 1. The zero-order valence-electron chi connectivity index (χ0n) is 12.8. The number of carbonyl (C=O) groups excluding carboxylic acids is 1. The van der Waals surface area contributed by atoms with Crippen LogP contribution in [0.25, 0.3) is 0 Å². The fourth-order valence-electron chi connectivity index (χ4n) is 2.25. The number of nitrogens with one attached hydrogen (secondary N) is 3. The highest BCUT2D eigenvalue weighted by Gasteiger charge is 2.16. The Bertz CT molecular complexity index is 748. The van der Waals surface area contributed by atoms with Crippen molar-refractivity contribution in [3.63, 3.8) is 0 Å². The number of hydrogen-bond acceptors (Lipinski definition) is 3. The predicted octanol–water partition coefficient (Wildman–Crippen LogP) is 1.52. The Kier molecular flexibility index (Phi) is 4.65. The average molecular weight is 306 g/mol. The molecule has 2 aromatic rings. The monoisotopic (exact) mass is 306 g/mol. The van der Waals surface area contributed by atoms with Crippen molar-refractivity contribution < 1.29 is 9.18 Å². The van der Waals surface area contributed by atoms with Gasteiger partial charge in [-0.25, -0.2) is 0 Å². The van der Waals surface area contributed by atoms with Crippen LogP contribution in [-0.4, -0.2) is 22.2 Å². The van der Waals surface area contributed by atoms with Gasteiger partial charge in [-0.15, -0.1) is 0 Å². The first-order valence-corrected chi connectivity index (χ1v) is 7.00. The summed E-state index contributed by atoms with van der Waals surface area (Å²) in [5, 5.41) is 8.05. The molecule has 3 N–H and O–H groups in total. The van der Waals surface area contributed by atoms with E-state index in [1.54, 1.807) is 12.1 Å². The van der Waals surface area contributed by atoms with Gasteiger partial charge in [0.2, 0.25) is 5.95 Å². The van der Waals surface area contributed by atoms with Crippen LogP contribution in [0.1, 0.15) is 28.4 Å².